The summed E-state index contributed by atoms with van der Waals surface area (Å²) in [5, 5.41) is 2.91. The van der Waals surface area contributed by atoms with Crippen LogP contribution >= 0.6 is 0 Å². The third kappa shape index (κ3) is 2.81. The molecule has 0 spiro atoms. The molecule has 1 fully saturated rings. The molecule has 1 aliphatic rings. The average molecular weight is 221 g/mol. The van der Waals surface area contributed by atoms with Crippen LogP contribution in [0.3, 0.4) is 0 Å². The summed E-state index contributed by atoms with van der Waals surface area (Å²) in [5.41, 5.74) is 1.05. The normalized spacial score (nSPS) is 22.9. The van der Waals surface area contributed by atoms with Crippen molar-refractivity contribution < 1.29 is 9.18 Å². The van der Waals surface area contributed by atoms with Crippen LogP contribution in [0, 0.1) is 17.7 Å². The van der Waals surface area contributed by atoms with Gasteiger partial charge in [-0.05, 0) is 36.5 Å². The summed E-state index contributed by atoms with van der Waals surface area (Å²) in [7, 11) is 0. The maximum atomic E-state index is 12.6. The zero-order valence-electron chi connectivity index (χ0n) is 9.37. The summed E-state index contributed by atoms with van der Waals surface area (Å²) >= 11 is 0. The van der Waals surface area contributed by atoms with Crippen molar-refractivity contribution in [3.05, 3.63) is 35.6 Å². The molecule has 1 amide bonds. The molecule has 2 atom stereocenters. The summed E-state index contributed by atoms with van der Waals surface area (Å²) in [6.45, 7) is 2.72. The molecule has 0 aromatic heterocycles. The van der Waals surface area contributed by atoms with E-state index >= 15 is 0 Å². The second-order valence-corrected chi connectivity index (χ2v) is 4.49. The maximum absolute atomic E-state index is 12.6. The van der Waals surface area contributed by atoms with E-state index in [-0.39, 0.29) is 17.6 Å². The summed E-state index contributed by atoms with van der Waals surface area (Å²) < 4.78 is 12.6. The first-order valence-electron chi connectivity index (χ1n) is 5.69. The van der Waals surface area contributed by atoms with E-state index in [9.17, 15) is 9.18 Å². The van der Waals surface area contributed by atoms with Crippen LogP contribution in [0.15, 0.2) is 24.3 Å². The smallest absolute Gasteiger partial charge is 0.223 e. The number of carbonyl (C=O) groups is 1. The van der Waals surface area contributed by atoms with Gasteiger partial charge in [0, 0.05) is 12.5 Å². The van der Waals surface area contributed by atoms with Gasteiger partial charge in [0.25, 0.3) is 0 Å². The molecule has 0 aliphatic heterocycles. The lowest BCUT2D eigenvalue weighted by molar-refractivity contribution is -0.122. The number of carbonyl (C=O) groups excluding carboxylic acids is 1. The van der Waals surface area contributed by atoms with Gasteiger partial charge in [0.1, 0.15) is 5.82 Å². The third-order valence-electron chi connectivity index (χ3n) is 3.07. The number of rotatable bonds is 4. The van der Waals surface area contributed by atoms with Gasteiger partial charge in [0.05, 0.1) is 0 Å². The first-order valence-corrected chi connectivity index (χ1v) is 5.69. The Morgan fingerprint density at radius 1 is 1.44 bits per heavy atom. The van der Waals surface area contributed by atoms with E-state index in [4.69, 9.17) is 0 Å². The second-order valence-electron chi connectivity index (χ2n) is 4.49. The Balaban J connectivity index is 1.71. The van der Waals surface area contributed by atoms with Gasteiger partial charge >= 0.3 is 0 Å². The molecule has 1 saturated carbocycles. The van der Waals surface area contributed by atoms with Crippen LogP contribution in [0.25, 0.3) is 0 Å². The number of amides is 1. The Bertz CT molecular complexity index is 374. The Morgan fingerprint density at radius 3 is 2.62 bits per heavy atom. The first-order chi connectivity index (χ1) is 7.66. The van der Waals surface area contributed by atoms with Crippen LogP contribution < -0.4 is 5.32 Å². The van der Waals surface area contributed by atoms with Crippen molar-refractivity contribution in [3.8, 4) is 0 Å². The zero-order valence-corrected chi connectivity index (χ0v) is 9.37. The van der Waals surface area contributed by atoms with E-state index in [2.05, 4.69) is 12.2 Å². The highest BCUT2D eigenvalue weighted by molar-refractivity contribution is 5.81. The quantitative estimate of drug-likeness (QED) is 0.829. The van der Waals surface area contributed by atoms with Crippen LogP contribution in [0.1, 0.15) is 18.9 Å². The van der Waals surface area contributed by atoms with Gasteiger partial charge in [0.2, 0.25) is 5.91 Å². The van der Waals surface area contributed by atoms with Crippen molar-refractivity contribution in [1.29, 1.82) is 0 Å². The van der Waals surface area contributed by atoms with Gasteiger partial charge in [-0.2, -0.15) is 0 Å². The van der Waals surface area contributed by atoms with Gasteiger partial charge in [-0.3, -0.25) is 4.79 Å². The molecule has 1 aromatic carbocycles. The number of hydrogen-bond donors (Lipinski definition) is 1. The van der Waals surface area contributed by atoms with Crippen LogP contribution in [-0.2, 0) is 11.2 Å². The standard InChI is InChI=1S/C13H16FNO/c1-9-8-12(9)13(16)15-7-6-10-2-4-11(14)5-3-10/h2-5,9,12H,6-8H2,1H3,(H,15,16)/t9-,12+/m1/s1. The molecular weight excluding hydrogens is 205 g/mol. The fraction of sp³-hybridized carbons (Fsp3) is 0.462. The highest BCUT2D eigenvalue weighted by Crippen LogP contribution is 2.37. The third-order valence-corrected chi connectivity index (χ3v) is 3.07. The lowest BCUT2D eigenvalue weighted by Crippen LogP contribution is -2.27. The molecule has 86 valence electrons. The minimum Gasteiger partial charge on any atom is -0.356 e. The first kappa shape index (κ1) is 11.1. The van der Waals surface area contributed by atoms with Crippen molar-refractivity contribution in [2.24, 2.45) is 11.8 Å². The van der Waals surface area contributed by atoms with Crippen molar-refractivity contribution in [2.45, 2.75) is 19.8 Å². The van der Waals surface area contributed by atoms with Gasteiger partial charge in [-0.15, -0.1) is 0 Å². The molecular formula is C13H16FNO. The maximum Gasteiger partial charge on any atom is 0.223 e. The highest BCUT2D eigenvalue weighted by Gasteiger charge is 2.38. The minimum atomic E-state index is -0.223. The summed E-state index contributed by atoms with van der Waals surface area (Å²) in [6, 6.07) is 6.39. The molecule has 0 heterocycles. The van der Waals surface area contributed by atoms with Crippen LogP contribution in [0.5, 0.6) is 0 Å². The Labute approximate surface area is 94.9 Å². The Kier molecular flexibility index (Phi) is 3.22. The predicted octanol–water partition coefficient (Wildman–Crippen LogP) is 2.14. The molecule has 0 bridgehead atoms. The number of nitrogens with one attached hydrogen (secondary N) is 1. The molecule has 1 aliphatic carbocycles. The highest BCUT2D eigenvalue weighted by atomic mass is 19.1. The molecule has 0 saturated heterocycles. The molecule has 2 rings (SSSR count). The van der Waals surface area contributed by atoms with E-state index in [1.54, 1.807) is 12.1 Å². The summed E-state index contributed by atoms with van der Waals surface area (Å²) in [4.78, 5) is 11.5. The van der Waals surface area contributed by atoms with Crippen molar-refractivity contribution in [3.63, 3.8) is 0 Å². The van der Waals surface area contributed by atoms with Crippen LogP contribution in [-0.4, -0.2) is 12.5 Å². The Hall–Kier alpha value is -1.38. The predicted molar refractivity (Wildman–Crippen MR) is 60.4 cm³/mol. The van der Waals surface area contributed by atoms with E-state index in [1.807, 2.05) is 0 Å². The SMILES string of the molecule is C[C@@H]1C[C@@H]1C(=O)NCCc1ccc(F)cc1. The molecule has 3 heteroatoms. The van der Waals surface area contributed by atoms with E-state index in [0.29, 0.717) is 12.5 Å². The van der Waals surface area contributed by atoms with Gasteiger partial charge in [-0.25, -0.2) is 4.39 Å². The molecule has 1 aromatic rings. The number of halogens is 1. The average Bonchev–Trinajstić information content (AvgIpc) is 2.98. The summed E-state index contributed by atoms with van der Waals surface area (Å²) in [5.74, 6) is 0.716. The van der Waals surface area contributed by atoms with Gasteiger partial charge < -0.3 is 5.32 Å². The molecule has 1 N–H and O–H groups in total. The van der Waals surface area contributed by atoms with Crippen LogP contribution in [0.4, 0.5) is 4.39 Å². The number of hydrogen-bond acceptors (Lipinski definition) is 1. The largest absolute Gasteiger partial charge is 0.356 e. The van der Waals surface area contributed by atoms with Crippen molar-refractivity contribution in [1.82, 2.24) is 5.32 Å². The van der Waals surface area contributed by atoms with Crippen LogP contribution in [0.2, 0.25) is 0 Å². The monoisotopic (exact) mass is 221 g/mol. The van der Waals surface area contributed by atoms with Gasteiger partial charge in [-0.1, -0.05) is 19.1 Å². The van der Waals surface area contributed by atoms with Crippen molar-refractivity contribution >= 4 is 5.91 Å². The van der Waals surface area contributed by atoms with E-state index in [1.165, 1.54) is 12.1 Å². The van der Waals surface area contributed by atoms with E-state index < -0.39 is 0 Å². The Morgan fingerprint density at radius 2 is 2.06 bits per heavy atom. The molecule has 2 nitrogen and oxygen atoms in total. The molecule has 0 radical (unpaired) electrons. The molecule has 0 unspecified atom stereocenters. The minimum absolute atomic E-state index is 0.162. The second kappa shape index (κ2) is 4.64. The zero-order chi connectivity index (χ0) is 11.5. The fourth-order valence-corrected chi connectivity index (χ4v) is 1.80. The lowest BCUT2D eigenvalue weighted by Gasteiger charge is -2.04. The lowest BCUT2D eigenvalue weighted by atomic mass is 10.1. The van der Waals surface area contributed by atoms with Crippen molar-refractivity contribution in [2.75, 3.05) is 6.54 Å². The van der Waals surface area contributed by atoms with E-state index in [0.717, 1.165) is 18.4 Å². The number of benzene rings is 1. The fourth-order valence-electron chi connectivity index (χ4n) is 1.80. The summed E-state index contributed by atoms with van der Waals surface area (Å²) in [6.07, 6.45) is 1.77. The molecule has 16 heavy (non-hydrogen) atoms. The van der Waals surface area contributed by atoms with Gasteiger partial charge in [0.15, 0.2) is 0 Å². The topological polar surface area (TPSA) is 29.1 Å².